The molecule has 340 valence electrons. The zero-order valence-corrected chi connectivity index (χ0v) is 43.1. The lowest BCUT2D eigenvalue weighted by atomic mass is 9.86. The molecule has 0 fully saturated rings. The highest BCUT2D eigenvalue weighted by Crippen LogP contribution is 2.46. The van der Waals surface area contributed by atoms with Gasteiger partial charge in [-0.1, -0.05) is 181 Å². The fourth-order valence-corrected chi connectivity index (χ4v) is 11.2. The van der Waals surface area contributed by atoms with Crippen molar-refractivity contribution in [3.8, 4) is 112 Å². The van der Waals surface area contributed by atoms with Gasteiger partial charge in [0.2, 0.25) is 0 Å². The number of hydrogen-bond donors (Lipinski definition) is 0. The second-order valence-electron chi connectivity index (χ2n) is 17.3. The molecule has 0 aliphatic carbocycles. The van der Waals surface area contributed by atoms with E-state index in [9.17, 15) is 4.39 Å². The molecule has 0 spiro atoms. The monoisotopic (exact) mass is 1110 g/mol. The van der Waals surface area contributed by atoms with Crippen LogP contribution in [0.2, 0.25) is 0 Å². The molecule has 8 aromatic carbocycles. The third kappa shape index (κ3) is 9.49. The van der Waals surface area contributed by atoms with E-state index in [4.69, 9.17) is 4.98 Å². The van der Waals surface area contributed by atoms with Crippen LogP contribution < -0.4 is 0 Å². The molecule has 0 saturated carbocycles. The van der Waals surface area contributed by atoms with Crippen molar-refractivity contribution in [1.82, 2.24) is 15.0 Å². The quantitative estimate of drug-likeness (QED) is 0.137. The second kappa shape index (κ2) is 20.1. The third-order valence-corrected chi connectivity index (χ3v) is 14.9. The zero-order chi connectivity index (χ0) is 48.4. The number of aromatic nitrogens is 3. The van der Waals surface area contributed by atoms with Crippen LogP contribution in [-0.4, -0.2) is 15.0 Å². The Morgan fingerprint density at radius 2 is 0.704 bits per heavy atom. The van der Waals surface area contributed by atoms with Gasteiger partial charge in [0.15, 0.2) is 0 Å². The van der Waals surface area contributed by atoms with Crippen molar-refractivity contribution in [2.45, 2.75) is 6.92 Å². The van der Waals surface area contributed by atoms with Crippen molar-refractivity contribution in [2.75, 3.05) is 0 Å². The molecule has 0 saturated heterocycles. The topological polar surface area (TPSA) is 38.7 Å². The van der Waals surface area contributed by atoms with E-state index in [1.165, 1.54) is 6.07 Å². The number of rotatable bonds is 10. The van der Waals surface area contributed by atoms with Crippen LogP contribution in [0.15, 0.2) is 244 Å². The highest BCUT2D eigenvalue weighted by Gasteiger charge is 2.19. The minimum atomic E-state index is -0.268. The zero-order valence-electron chi connectivity index (χ0n) is 38.3. The normalized spacial score (nSPS) is 11.2. The Labute approximate surface area is 438 Å². The Morgan fingerprint density at radius 1 is 0.296 bits per heavy atom. The summed E-state index contributed by atoms with van der Waals surface area (Å²) in [6, 6.07) is 73.0. The summed E-state index contributed by atoms with van der Waals surface area (Å²) in [6.07, 6.45) is 5.49. The molecule has 0 radical (unpaired) electrons. The average molecular weight is 1110 g/mol. The summed E-state index contributed by atoms with van der Waals surface area (Å²) >= 11 is 12.0. The van der Waals surface area contributed by atoms with E-state index >= 15 is 0 Å². The van der Waals surface area contributed by atoms with Crippen molar-refractivity contribution in [1.29, 1.82) is 0 Å². The maximum Gasteiger partial charge on any atom is 0.123 e. The summed E-state index contributed by atoms with van der Waals surface area (Å²) < 4.78 is 17.1. The van der Waals surface area contributed by atoms with Gasteiger partial charge in [-0.3, -0.25) is 15.0 Å². The summed E-state index contributed by atoms with van der Waals surface area (Å²) in [6.45, 7) is 2.04. The van der Waals surface area contributed by atoms with Crippen molar-refractivity contribution in [3.63, 3.8) is 0 Å². The third-order valence-electron chi connectivity index (χ3n) is 12.9. The fourth-order valence-electron chi connectivity index (χ4n) is 9.42. The molecule has 3 heterocycles. The van der Waals surface area contributed by atoms with E-state index in [2.05, 4.69) is 209 Å². The van der Waals surface area contributed by atoms with E-state index in [1.54, 1.807) is 12.1 Å². The van der Waals surface area contributed by atoms with Crippen LogP contribution in [0.4, 0.5) is 4.39 Å². The standard InChI is InChI=1S/C64H41Br3FN3/c1-40-31-64(71-39-58(40)41-13-12-14-48(68)35-41)44-25-28-57(61(67)38-44)54-20-7-4-17-51(54)47-33-45(49-15-2-5-18-52(49)55-26-23-42(36-59(55)65)62-21-8-10-29-69-62)32-46(34-47)50-16-3-6-19-53(50)56-27-24-43(37-60(56)66)63-22-9-11-30-70-63/h2-39H,1H3. The molecule has 7 heteroatoms. The van der Waals surface area contributed by atoms with E-state index in [0.717, 1.165) is 131 Å². The van der Waals surface area contributed by atoms with Crippen LogP contribution in [0.25, 0.3) is 112 Å². The molecule has 0 bridgehead atoms. The van der Waals surface area contributed by atoms with Crippen LogP contribution >= 0.6 is 47.8 Å². The second-order valence-corrected chi connectivity index (χ2v) is 19.9. The molecule has 11 aromatic rings. The molecule has 3 aromatic heterocycles. The van der Waals surface area contributed by atoms with Crippen LogP contribution in [0.3, 0.4) is 0 Å². The lowest BCUT2D eigenvalue weighted by molar-refractivity contribution is 0.628. The first kappa shape index (κ1) is 46.0. The molecule has 11 rings (SSSR count). The largest absolute Gasteiger partial charge is 0.256 e. The summed E-state index contributed by atoms with van der Waals surface area (Å²) in [5.74, 6) is -0.268. The van der Waals surface area contributed by atoms with Crippen LogP contribution in [0.1, 0.15) is 5.56 Å². The van der Waals surface area contributed by atoms with Gasteiger partial charge in [0.1, 0.15) is 5.82 Å². The molecule has 0 aliphatic rings. The Hall–Kier alpha value is -7.42. The molecule has 3 nitrogen and oxygen atoms in total. The molecule has 0 N–H and O–H groups in total. The molecule has 0 atom stereocenters. The van der Waals surface area contributed by atoms with Crippen molar-refractivity contribution in [2.24, 2.45) is 0 Å². The number of nitrogens with zero attached hydrogens (tertiary/aromatic N) is 3. The van der Waals surface area contributed by atoms with Crippen molar-refractivity contribution < 1.29 is 4.39 Å². The predicted molar refractivity (Wildman–Crippen MR) is 302 cm³/mol. The Balaban J connectivity index is 1.05. The minimum absolute atomic E-state index is 0.268. The number of benzene rings is 8. The van der Waals surface area contributed by atoms with Gasteiger partial charge in [0, 0.05) is 54.3 Å². The molecular weight excluding hydrogens is 1070 g/mol. The lowest BCUT2D eigenvalue weighted by Crippen LogP contribution is -1.93. The van der Waals surface area contributed by atoms with E-state index in [-0.39, 0.29) is 5.82 Å². The van der Waals surface area contributed by atoms with Crippen molar-refractivity contribution >= 4 is 47.8 Å². The summed E-state index contributed by atoms with van der Waals surface area (Å²) in [4.78, 5) is 14.1. The number of pyridine rings is 3. The molecule has 0 aliphatic heterocycles. The average Bonchev–Trinajstić information content (AvgIpc) is 3.41. The SMILES string of the molecule is Cc1cc(-c2ccc(-c3ccccc3-c3cc(-c4ccccc4-c4ccc(-c5ccccn5)cc4Br)cc(-c4ccccc4-c4ccc(-c5ccccn5)cc4Br)c3)c(Br)c2)ncc1-c1cccc(F)c1. The van der Waals surface area contributed by atoms with E-state index in [1.807, 2.05) is 68.0 Å². The Morgan fingerprint density at radius 3 is 1.08 bits per heavy atom. The first-order valence-electron chi connectivity index (χ1n) is 23.1. The molecule has 0 unspecified atom stereocenters. The summed E-state index contributed by atoms with van der Waals surface area (Å²) in [7, 11) is 0. The minimum Gasteiger partial charge on any atom is -0.256 e. The van der Waals surface area contributed by atoms with Gasteiger partial charge in [-0.05, 0) is 164 Å². The van der Waals surface area contributed by atoms with E-state index in [0.29, 0.717) is 0 Å². The molecule has 71 heavy (non-hydrogen) atoms. The maximum absolute atomic E-state index is 14.2. The predicted octanol–water partition coefficient (Wildman–Crippen LogP) is 19.3. The van der Waals surface area contributed by atoms with Crippen LogP contribution in [-0.2, 0) is 0 Å². The Bertz CT molecular complexity index is 3630. The maximum atomic E-state index is 14.2. The van der Waals surface area contributed by atoms with E-state index < -0.39 is 0 Å². The number of aryl methyl sites for hydroxylation is 1. The Kier molecular flexibility index (Phi) is 13.0. The van der Waals surface area contributed by atoms with Gasteiger partial charge in [0.05, 0.1) is 17.1 Å². The summed E-state index contributed by atoms with van der Waals surface area (Å²) in [5.41, 5.74) is 21.5. The number of hydrogen-bond acceptors (Lipinski definition) is 3. The summed E-state index contributed by atoms with van der Waals surface area (Å²) in [5, 5.41) is 0. The molecule has 0 amide bonds. The van der Waals surface area contributed by atoms with Crippen LogP contribution in [0, 0.1) is 12.7 Å². The van der Waals surface area contributed by atoms with Gasteiger partial charge in [0.25, 0.3) is 0 Å². The van der Waals surface area contributed by atoms with Gasteiger partial charge < -0.3 is 0 Å². The van der Waals surface area contributed by atoms with Crippen LogP contribution in [0.5, 0.6) is 0 Å². The number of halogens is 4. The van der Waals surface area contributed by atoms with Gasteiger partial charge >= 0.3 is 0 Å². The highest BCUT2D eigenvalue weighted by molar-refractivity contribution is 9.11. The van der Waals surface area contributed by atoms with Gasteiger partial charge in [-0.15, -0.1) is 0 Å². The molecular formula is C64H41Br3FN3. The first-order valence-corrected chi connectivity index (χ1v) is 25.5. The highest BCUT2D eigenvalue weighted by atomic mass is 79.9. The fraction of sp³-hybridized carbons (Fsp3) is 0.0156. The van der Waals surface area contributed by atoms with Crippen molar-refractivity contribution in [3.05, 3.63) is 256 Å². The smallest absolute Gasteiger partial charge is 0.123 e. The first-order chi connectivity index (χ1) is 34.8. The lowest BCUT2D eigenvalue weighted by Gasteiger charge is -2.19. The van der Waals surface area contributed by atoms with Gasteiger partial charge in [-0.25, -0.2) is 4.39 Å². The van der Waals surface area contributed by atoms with Gasteiger partial charge in [-0.2, -0.15) is 0 Å².